The van der Waals surface area contributed by atoms with Crippen LogP contribution >= 0.6 is 11.6 Å². The fraction of sp³-hybridized carbons (Fsp3) is 0.250. The second-order valence-electron chi connectivity index (χ2n) is 4.63. The van der Waals surface area contributed by atoms with Gasteiger partial charge in [0.15, 0.2) is 5.75 Å². The summed E-state index contributed by atoms with van der Waals surface area (Å²) in [7, 11) is 0. The number of rotatable bonds is 4. The lowest BCUT2D eigenvalue weighted by molar-refractivity contribution is 0.484. The predicted molar refractivity (Wildman–Crippen MR) is 81.1 cm³/mol. The molecule has 0 bridgehead atoms. The maximum absolute atomic E-state index is 5.96. The van der Waals surface area contributed by atoms with Crippen LogP contribution in [0.2, 0.25) is 5.02 Å². The second-order valence-corrected chi connectivity index (χ2v) is 5.04. The van der Waals surface area contributed by atoms with Crippen LogP contribution in [0.15, 0.2) is 42.5 Å². The minimum atomic E-state index is 0.468. The van der Waals surface area contributed by atoms with Gasteiger partial charge in [-0.05, 0) is 42.2 Å². The summed E-state index contributed by atoms with van der Waals surface area (Å²) in [6.45, 7) is 4.40. The second kappa shape index (κ2) is 5.98. The van der Waals surface area contributed by atoms with Crippen molar-refractivity contribution in [2.24, 2.45) is 0 Å². The highest BCUT2D eigenvalue weighted by Crippen LogP contribution is 2.33. The third-order valence-electron chi connectivity index (χ3n) is 3.30. The average Bonchev–Trinajstić information content (AvgIpc) is 2.44. The summed E-state index contributed by atoms with van der Waals surface area (Å²) < 4.78 is 5.75. The Morgan fingerprint density at radius 3 is 2.47 bits per heavy atom. The summed E-state index contributed by atoms with van der Waals surface area (Å²) in [6, 6.07) is 13.5. The van der Waals surface area contributed by atoms with Gasteiger partial charge in [-0.15, -0.1) is 0 Å². The largest absolute Gasteiger partial charge is 0.455 e. The van der Waals surface area contributed by atoms with E-state index < -0.39 is 0 Å². The molecule has 100 valence electrons. The van der Waals surface area contributed by atoms with Gasteiger partial charge < -0.3 is 10.5 Å². The highest BCUT2D eigenvalue weighted by Gasteiger charge is 2.06. The lowest BCUT2D eigenvalue weighted by atomic mass is 9.99. The first-order chi connectivity index (χ1) is 9.11. The summed E-state index contributed by atoms with van der Waals surface area (Å²) in [5.74, 6) is 1.91. The van der Waals surface area contributed by atoms with Crippen LogP contribution in [0, 0.1) is 0 Å². The molecule has 3 heteroatoms. The molecule has 0 saturated heterocycles. The van der Waals surface area contributed by atoms with Gasteiger partial charge in [-0.2, -0.15) is 0 Å². The molecule has 2 aromatic carbocycles. The van der Waals surface area contributed by atoms with Gasteiger partial charge in [0.2, 0.25) is 0 Å². The molecule has 0 aliphatic carbocycles. The molecular formula is C16H18ClNO. The van der Waals surface area contributed by atoms with Crippen molar-refractivity contribution < 1.29 is 4.74 Å². The Bertz CT molecular complexity index is 551. The highest BCUT2D eigenvalue weighted by atomic mass is 35.5. The molecule has 0 heterocycles. The van der Waals surface area contributed by atoms with Gasteiger partial charge >= 0.3 is 0 Å². The quantitative estimate of drug-likeness (QED) is 0.776. The van der Waals surface area contributed by atoms with Crippen LogP contribution in [0.4, 0.5) is 5.69 Å². The first kappa shape index (κ1) is 13.8. The van der Waals surface area contributed by atoms with Crippen LogP contribution in [0.3, 0.4) is 0 Å². The van der Waals surface area contributed by atoms with Crippen LogP contribution < -0.4 is 10.5 Å². The van der Waals surface area contributed by atoms with Gasteiger partial charge in [0.05, 0.1) is 10.7 Å². The Labute approximate surface area is 119 Å². The molecule has 1 atom stereocenters. The molecule has 2 nitrogen and oxygen atoms in total. The Balaban J connectivity index is 2.18. The fourth-order valence-electron chi connectivity index (χ4n) is 1.83. The van der Waals surface area contributed by atoms with E-state index in [1.54, 1.807) is 6.07 Å². The maximum atomic E-state index is 5.96. The molecule has 0 amide bonds. The average molecular weight is 276 g/mol. The number of benzene rings is 2. The zero-order valence-corrected chi connectivity index (χ0v) is 11.9. The monoisotopic (exact) mass is 275 g/mol. The Morgan fingerprint density at radius 1 is 1.16 bits per heavy atom. The van der Waals surface area contributed by atoms with E-state index in [9.17, 15) is 0 Å². The Kier molecular flexibility index (Phi) is 4.33. The van der Waals surface area contributed by atoms with Gasteiger partial charge in [0, 0.05) is 0 Å². The van der Waals surface area contributed by atoms with Crippen molar-refractivity contribution in [3.63, 3.8) is 0 Å². The lowest BCUT2D eigenvalue weighted by Gasteiger charge is -2.12. The number of para-hydroxylation sites is 1. The van der Waals surface area contributed by atoms with Gasteiger partial charge in [-0.1, -0.05) is 43.6 Å². The molecule has 0 fully saturated rings. The van der Waals surface area contributed by atoms with Crippen molar-refractivity contribution >= 4 is 17.3 Å². The van der Waals surface area contributed by atoms with Crippen LogP contribution in [-0.4, -0.2) is 0 Å². The standard InChI is InChI=1S/C16H18ClNO/c1-3-11(2)12-7-9-13(10-8-12)19-15-6-4-5-14(17)16(15)18/h4-11H,3,18H2,1-2H3. The summed E-state index contributed by atoms with van der Waals surface area (Å²) in [6.07, 6.45) is 1.13. The molecular weight excluding hydrogens is 258 g/mol. The van der Waals surface area contributed by atoms with E-state index in [0.29, 0.717) is 22.4 Å². The minimum Gasteiger partial charge on any atom is -0.455 e. The maximum Gasteiger partial charge on any atom is 0.151 e. The molecule has 0 aromatic heterocycles. The van der Waals surface area contributed by atoms with E-state index in [0.717, 1.165) is 12.2 Å². The van der Waals surface area contributed by atoms with E-state index in [4.69, 9.17) is 22.1 Å². The number of anilines is 1. The summed E-state index contributed by atoms with van der Waals surface area (Å²) in [5, 5.41) is 0.508. The van der Waals surface area contributed by atoms with Crippen molar-refractivity contribution in [2.45, 2.75) is 26.2 Å². The van der Waals surface area contributed by atoms with Crippen molar-refractivity contribution in [2.75, 3.05) is 5.73 Å². The zero-order valence-electron chi connectivity index (χ0n) is 11.2. The highest BCUT2D eigenvalue weighted by molar-refractivity contribution is 6.33. The van der Waals surface area contributed by atoms with E-state index in [1.807, 2.05) is 24.3 Å². The topological polar surface area (TPSA) is 35.2 Å². The van der Waals surface area contributed by atoms with Crippen LogP contribution in [0.25, 0.3) is 0 Å². The van der Waals surface area contributed by atoms with Crippen LogP contribution in [0.1, 0.15) is 31.7 Å². The van der Waals surface area contributed by atoms with Gasteiger partial charge in [0.1, 0.15) is 5.75 Å². The number of halogens is 1. The molecule has 0 saturated carbocycles. The van der Waals surface area contributed by atoms with Crippen LogP contribution in [0.5, 0.6) is 11.5 Å². The van der Waals surface area contributed by atoms with Crippen molar-refractivity contribution in [3.8, 4) is 11.5 Å². The molecule has 1 unspecified atom stereocenters. The molecule has 2 aromatic rings. The predicted octanol–water partition coefficient (Wildman–Crippen LogP) is 5.23. The normalized spacial score (nSPS) is 12.2. The summed E-state index contributed by atoms with van der Waals surface area (Å²) in [4.78, 5) is 0. The van der Waals surface area contributed by atoms with Gasteiger partial charge in [-0.25, -0.2) is 0 Å². The van der Waals surface area contributed by atoms with Gasteiger partial charge in [-0.3, -0.25) is 0 Å². The summed E-state index contributed by atoms with van der Waals surface area (Å²) >= 11 is 5.96. The first-order valence-corrected chi connectivity index (χ1v) is 6.81. The van der Waals surface area contributed by atoms with Gasteiger partial charge in [0.25, 0.3) is 0 Å². The van der Waals surface area contributed by atoms with Crippen molar-refractivity contribution in [3.05, 3.63) is 53.1 Å². The third-order valence-corrected chi connectivity index (χ3v) is 3.63. The minimum absolute atomic E-state index is 0.468. The molecule has 2 rings (SSSR count). The number of hydrogen-bond acceptors (Lipinski definition) is 2. The van der Waals surface area contributed by atoms with E-state index >= 15 is 0 Å². The number of nitrogen functional groups attached to an aromatic ring is 1. The summed E-state index contributed by atoms with van der Waals surface area (Å²) in [5.41, 5.74) is 7.65. The lowest BCUT2D eigenvalue weighted by Crippen LogP contribution is -1.94. The number of ether oxygens (including phenoxy) is 1. The molecule has 19 heavy (non-hydrogen) atoms. The van der Waals surface area contributed by atoms with Crippen molar-refractivity contribution in [1.82, 2.24) is 0 Å². The fourth-order valence-corrected chi connectivity index (χ4v) is 2.00. The first-order valence-electron chi connectivity index (χ1n) is 6.43. The molecule has 0 radical (unpaired) electrons. The molecule has 0 aliphatic rings. The molecule has 2 N–H and O–H groups in total. The van der Waals surface area contributed by atoms with E-state index in [1.165, 1.54) is 5.56 Å². The Morgan fingerprint density at radius 2 is 1.84 bits per heavy atom. The van der Waals surface area contributed by atoms with Crippen molar-refractivity contribution in [1.29, 1.82) is 0 Å². The molecule has 0 aliphatic heterocycles. The number of nitrogens with two attached hydrogens (primary N) is 1. The Hall–Kier alpha value is -1.67. The smallest absolute Gasteiger partial charge is 0.151 e. The molecule has 0 spiro atoms. The zero-order chi connectivity index (χ0) is 13.8. The SMILES string of the molecule is CCC(C)c1ccc(Oc2cccc(Cl)c2N)cc1. The van der Waals surface area contributed by atoms with E-state index in [-0.39, 0.29) is 0 Å². The van der Waals surface area contributed by atoms with Crippen LogP contribution in [-0.2, 0) is 0 Å². The third kappa shape index (κ3) is 3.21. The number of hydrogen-bond donors (Lipinski definition) is 1. The van der Waals surface area contributed by atoms with E-state index in [2.05, 4.69) is 26.0 Å².